The van der Waals surface area contributed by atoms with E-state index in [1.807, 2.05) is 11.3 Å². The molecule has 1 heterocycles. The second kappa shape index (κ2) is 15.8. The fourth-order valence-electron chi connectivity index (χ4n) is 10.1. The Morgan fingerprint density at radius 2 is 0.785 bits per heavy atom. The Balaban J connectivity index is 0.901. The Hall–Kier alpha value is -7.78. The van der Waals surface area contributed by atoms with Gasteiger partial charge in [0, 0.05) is 42.5 Å². The summed E-state index contributed by atoms with van der Waals surface area (Å²) in [5.41, 5.74) is 20.7. The van der Waals surface area contributed by atoms with E-state index in [1.165, 1.54) is 98.1 Å². The van der Waals surface area contributed by atoms with Crippen LogP contribution in [0.25, 0.3) is 86.9 Å². The molecule has 0 unspecified atom stereocenters. The second-order valence-electron chi connectivity index (χ2n) is 17.7. The predicted octanol–water partition coefficient (Wildman–Crippen LogP) is 18.2. The minimum Gasteiger partial charge on any atom is -0.310 e. The molecule has 308 valence electrons. The highest BCUT2D eigenvalue weighted by atomic mass is 32.1. The van der Waals surface area contributed by atoms with Crippen LogP contribution in [0.2, 0.25) is 0 Å². The Morgan fingerprint density at radius 1 is 0.323 bits per heavy atom. The fraction of sp³-hybridized carbons (Fsp3) is 0.0476. The monoisotopic (exact) mass is 847 g/mol. The minimum absolute atomic E-state index is 0.214. The average molecular weight is 848 g/mol. The van der Waals surface area contributed by atoms with Gasteiger partial charge in [-0.2, -0.15) is 0 Å². The maximum absolute atomic E-state index is 2.45. The van der Waals surface area contributed by atoms with Gasteiger partial charge in [-0.25, -0.2) is 0 Å². The summed E-state index contributed by atoms with van der Waals surface area (Å²) in [5, 5.41) is 2.64. The van der Waals surface area contributed by atoms with Crippen LogP contribution in [0.15, 0.2) is 237 Å². The molecular weight excluding hydrogens is 803 g/mol. The normalized spacial score (nSPS) is 12.6. The molecule has 0 fully saturated rings. The quantitative estimate of drug-likeness (QED) is 0.147. The molecule has 0 radical (unpaired) electrons. The molecule has 0 N–H and O–H groups in total. The van der Waals surface area contributed by atoms with E-state index in [1.54, 1.807) is 0 Å². The third kappa shape index (κ3) is 6.77. The Morgan fingerprint density at radius 3 is 1.48 bits per heavy atom. The molecule has 1 nitrogen and oxygen atoms in total. The van der Waals surface area contributed by atoms with Crippen LogP contribution in [0.4, 0.5) is 17.1 Å². The van der Waals surface area contributed by atoms with E-state index < -0.39 is 0 Å². The first-order chi connectivity index (χ1) is 32.0. The van der Waals surface area contributed by atoms with Gasteiger partial charge in [0.2, 0.25) is 0 Å². The molecule has 1 aromatic heterocycles. The topological polar surface area (TPSA) is 3.24 Å². The van der Waals surface area contributed by atoms with Crippen molar-refractivity contribution in [1.82, 2.24) is 0 Å². The molecule has 0 saturated heterocycles. The summed E-state index contributed by atoms with van der Waals surface area (Å²) >= 11 is 1.88. The van der Waals surface area contributed by atoms with Crippen LogP contribution in [0.1, 0.15) is 25.0 Å². The summed E-state index contributed by atoms with van der Waals surface area (Å²) < 4.78 is 2.65. The Kier molecular flexibility index (Phi) is 9.44. The Bertz CT molecular complexity index is 3530. The van der Waals surface area contributed by atoms with Crippen LogP contribution in [-0.4, -0.2) is 0 Å². The molecule has 0 saturated carbocycles. The first-order valence-corrected chi connectivity index (χ1v) is 23.3. The van der Waals surface area contributed by atoms with Crippen molar-refractivity contribution in [1.29, 1.82) is 0 Å². The van der Waals surface area contributed by atoms with Gasteiger partial charge in [-0.1, -0.05) is 208 Å². The van der Waals surface area contributed by atoms with Crippen molar-refractivity contribution < 1.29 is 0 Å². The first kappa shape index (κ1) is 38.9. The molecule has 0 amide bonds. The zero-order chi connectivity index (χ0) is 43.5. The lowest BCUT2D eigenvalue weighted by Crippen LogP contribution is -2.17. The summed E-state index contributed by atoms with van der Waals surface area (Å²) in [5.74, 6) is 0. The summed E-state index contributed by atoms with van der Waals surface area (Å²) in [6.45, 7) is 4.78. The fourth-order valence-corrected chi connectivity index (χ4v) is 11.3. The van der Waals surface area contributed by atoms with E-state index in [0.717, 1.165) is 17.1 Å². The van der Waals surface area contributed by atoms with Gasteiger partial charge in [-0.05, 0) is 115 Å². The van der Waals surface area contributed by atoms with Gasteiger partial charge in [0.25, 0.3) is 0 Å². The number of rotatable bonds is 8. The van der Waals surface area contributed by atoms with Crippen LogP contribution in [0.3, 0.4) is 0 Å². The molecule has 2 heteroatoms. The number of anilines is 3. The number of hydrogen-bond acceptors (Lipinski definition) is 2. The highest BCUT2D eigenvalue weighted by Gasteiger charge is 2.36. The summed E-state index contributed by atoms with van der Waals surface area (Å²) in [7, 11) is 0. The standard InChI is InChI=1S/C63H45NS/c1-63(2)58-40-49(46-30-28-45(29-31-46)44-26-24-43(25-27-44)42-14-5-3-6-15-42)34-38-54(58)55-39-37-51(41-59(55)63)64(60-22-11-9-18-52(60)47-16-7-4-8-17-47)50-35-32-48(33-36-50)53-20-13-21-57-56-19-10-12-23-61(56)65-62(53)57/h3-41H,1-2H3. The molecule has 11 aromatic rings. The number of hydrogen-bond donors (Lipinski definition) is 0. The van der Waals surface area contributed by atoms with E-state index in [0.29, 0.717) is 0 Å². The first-order valence-electron chi connectivity index (χ1n) is 22.5. The van der Waals surface area contributed by atoms with Crippen molar-refractivity contribution in [3.8, 4) is 66.8 Å². The smallest absolute Gasteiger partial charge is 0.0540 e. The average Bonchev–Trinajstić information content (AvgIpc) is 3.86. The maximum Gasteiger partial charge on any atom is 0.0540 e. The van der Waals surface area contributed by atoms with Gasteiger partial charge in [0.1, 0.15) is 0 Å². The van der Waals surface area contributed by atoms with E-state index in [9.17, 15) is 0 Å². The third-order valence-electron chi connectivity index (χ3n) is 13.5. The second-order valence-corrected chi connectivity index (χ2v) is 18.7. The molecule has 10 aromatic carbocycles. The molecule has 65 heavy (non-hydrogen) atoms. The van der Waals surface area contributed by atoms with E-state index in [4.69, 9.17) is 0 Å². The van der Waals surface area contributed by atoms with Gasteiger partial charge in [-0.15, -0.1) is 11.3 Å². The minimum atomic E-state index is -0.214. The molecule has 0 bridgehead atoms. The molecule has 12 rings (SSSR count). The molecule has 1 aliphatic carbocycles. The van der Waals surface area contributed by atoms with Crippen LogP contribution >= 0.6 is 11.3 Å². The number of nitrogens with zero attached hydrogens (tertiary/aromatic N) is 1. The lowest BCUT2D eigenvalue weighted by molar-refractivity contribution is 0.660. The maximum atomic E-state index is 2.45. The number of benzene rings is 10. The van der Waals surface area contributed by atoms with E-state index >= 15 is 0 Å². The number of para-hydroxylation sites is 1. The van der Waals surface area contributed by atoms with Crippen LogP contribution in [-0.2, 0) is 5.41 Å². The van der Waals surface area contributed by atoms with E-state index in [2.05, 4.69) is 255 Å². The zero-order valence-corrected chi connectivity index (χ0v) is 37.2. The van der Waals surface area contributed by atoms with Crippen molar-refractivity contribution in [2.45, 2.75) is 19.3 Å². The predicted molar refractivity (Wildman–Crippen MR) is 279 cm³/mol. The Labute approximate surface area is 385 Å². The molecule has 1 aliphatic rings. The van der Waals surface area contributed by atoms with Crippen LogP contribution in [0, 0.1) is 0 Å². The number of fused-ring (bicyclic) bond motifs is 6. The number of thiophene rings is 1. The lowest BCUT2D eigenvalue weighted by Gasteiger charge is -2.30. The van der Waals surface area contributed by atoms with Crippen molar-refractivity contribution in [3.05, 3.63) is 248 Å². The molecule has 0 aliphatic heterocycles. The highest BCUT2D eigenvalue weighted by Crippen LogP contribution is 2.52. The summed E-state index contributed by atoms with van der Waals surface area (Å²) in [4.78, 5) is 2.45. The van der Waals surface area contributed by atoms with E-state index in [-0.39, 0.29) is 5.41 Å². The summed E-state index contributed by atoms with van der Waals surface area (Å²) in [6, 6.07) is 86.9. The van der Waals surface area contributed by atoms with Crippen molar-refractivity contribution >= 4 is 48.6 Å². The van der Waals surface area contributed by atoms with Gasteiger partial charge < -0.3 is 4.90 Å². The van der Waals surface area contributed by atoms with Gasteiger partial charge in [-0.3, -0.25) is 0 Å². The lowest BCUT2D eigenvalue weighted by atomic mass is 9.81. The van der Waals surface area contributed by atoms with Crippen LogP contribution < -0.4 is 4.90 Å². The molecule has 0 spiro atoms. The SMILES string of the molecule is CC1(C)c2cc(-c3ccc(-c4ccc(-c5ccccc5)cc4)cc3)ccc2-c2ccc(N(c3ccc(-c4cccc5c4sc4ccccc45)cc3)c3ccccc3-c3ccccc3)cc21. The largest absolute Gasteiger partial charge is 0.310 e. The van der Waals surface area contributed by atoms with Crippen molar-refractivity contribution in [3.63, 3.8) is 0 Å². The van der Waals surface area contributed by atoms with Gasteiger partial charge in [0.15, 0.2) is 0 Å². The molecular formula is C63H45NS. The zero-order valence-electron chi connectivity index (χ0n) is 36.4. The third-order valence-corrected chi connectivity index (χ3v) is 14.8. The van der Waals surface area contributed by atoms with Gasteiger partial charge >= 0.3 is 0 Å². The molecule has 0 atom stereocenters. The van der Waals surface area contributed by atoms with Crippen molar-refractivity contribution in [2.24, 2.45) is 0 Å². The van der Waals surface area contributed by atoms with Gasteiger partial charge in [0.05, 0.1) is 5.69 Å². The highest BCUT2D eigenvalue weighted by molar-refractivity contribution is 7.26. The summed E-state index contributed by atoms with van der Waals surface area (Å²) in [6.07, 6.45) is 0. The van der Waals surface area contributed by atoms with Crippen LogP contribution in [0.5, 0.6) is 0 Å². The van der Waals surface area contributed by atoms with Crippen molar-refractivity contribution in [2.75, 3.05) is 4.90 Å².